The number of imidazole rings is 1. The van der Waals surface area contributed by atoms with Crippen molar-refractivity contribution in [2.45, 2.75) is 18.1 Å². The number of carbonyl (C=O) groups is 1. The third kappa shape index (κ3) is 2.46. The minimum atomic E-state index is -0.00321. The van der Waals surface area contributed by atoms with E-state index in [1.165, 1.54) is 0 Å². The van der Waals surface area contributed by atoms with E-state index in [4.69, 9.17) is 12.6 Å². The van der Waals surface area contributed by atoms with Crippen molar-refractivity contribution in [2.75, 3.05) is 0 Å². The molecule has 5 rings (SSSR count). The second-order valence-corrected chi connectivity index (χ2v) is 7.02. The molecule has 0 radical (unpaired) electrons. The van der Waals surface area contributed by atoms with Gasteiger partial charge in [0.25, 0.3) is 0 Å². The molecule has 0 amide bonds. The normalized spacial score (nSPS) is 12.5. The summed E-state index contributed by atoms with van der Waals surface area (Å²) in [7, 11) is 0. The number of aromatic nitrogens is 3. The van der Waals surface area contributed by atoms with Crippen LogP contribution in [0.25, 0.3) is 17.2 Å². The number of thiol groups is 1. The Labute approximate surface area is 162 Å². The van der Waals surface area contributed by atoms with Crippen molar-refractivity contribution >= 4 is 18.4 Å². The molecule has 4 nitrogen and oxygen atoms in total. The van der Waals surface area contributed by atoms with E-state index in [9.17, 15) is 4.79 Å². The highest BCUT2D eigenvalue weighted by atomic mass is 32.1. The van der Waals surface area contributed by atoms with Crippen molar-refractivity contribution in [2.24, 2.45) is 0 Å². The molecule has 3 heterocycles. The van der Waals surface area contributed by atoms with Gasteiger partial charge in [0, 0.05) is 11.8 Å². The summed E-state index contributed by atoms with van der Waals surface area (Å²) in [4.78, 5) is 13.3. The molecule has 1 aliphatic heterocycles. The summed E-state index contributed by atoms with van der Waals surface area (Å²) in [6, 6.07) is 23.6. The van der Waals surface area contributed by atoms with Gasteiger partial charge in [0.1, 0.15) is 17.9 Å². The van der Waals surface area contributed by atoms with E-state index in [2.05, 4.69) is 26.0 Å². The zero-order chi connectivity index (χ0) is 18.4. The Kier molecular flexibility index (Phi) is 3.76. The maximum atomic E-state index is 13.3. The Morgan fingerprint density at radius 1 is 0.926 bits per heavy atom. The highest BCUT2D eigenvalue weighted by molar-refractivity contribution is 7.80. The van der Waals surface area contributed by atoms with Gasteiger partial charge in [-0.15, -0.1) is 0 Å². The Balaban J connectivity index is 1.81. The highest BCUT2D eigenvalue weighted by Gasteiger charge is 2.38. The summed E-state index contributed by atoms with van der Waals surface area (Å²) in [6.45, 7) is 1.57. The van der Waals surface area contributed by atoms with E-state index < -0.39 is 0 Å². The van der Waals surface area contributed by atoms with Gasteiger partial charge < -0.3 is 4.57 Å². The van der Waals surface area contributed by atoms with Gasteiger partial charge in [-0.05, 0) is 24.3 Å². The maximum Gasteiger partial charge on any atom is 0.312 e. The van der Waals surface area contributed by atoms with Crippen molar-refractivity contribution in [3.63, 3.8) is 0 Å². The standard InChI is InChI=1S/C22H17N3OS/c26-20(16-8-3-1-4-9-16)19-22(27)25(17-10-5-2-6-11-17)21-18-12-7-13-23(18)14-15-24(19)21/h1-13H,14-15H2/p+1. The molecule has 5 heteroatoms. The van der Waals surface area contributed by atoms with Crippen molar-refractivity contribution < 1.29 is 9.36 Å². The van der Waals surface area contributed by atoms with Crippen molar-refractivity contribution in [3.05, 3.63) is 90.3 Å². The molecule has 132 valence electrons. The average molecular weight is 372 g/mol. The van der Waals surface area contributed by atoms with E-state index >= 15 is 0 Å². The van der Waals surface area contributed by atoms with Crippen LogP contribution in [-0.4, -0.2) is 14.9 Å². The number of carbonyl (C=O) groups excluding carboxylic acids is 1. The van der Waals surface area contributed by atoms with Crippen molar-refractivity contribution in [1.82, 2.24) is 9.13 Å². The van der Waals surface area contributed by atoms with Crippen LogP contribution in [0.2, 0.25) is 0 Å². The van der Waals surface area contributed by atoms with Crippen LogP contribution in [0.1, 0.15) is 16.1 Å². The first kappa shape index (κ1) is 16.1. The van der Waals surface area contributed by atoms with Crippen molar-refractivity contribution in [3.8, 4) is 17.2 Å². The number of benzene rings is 2. The smallest absolute Gasteiger partial charge is 0.312 e. The summed E-state index contributed by atoms with van der Waals surface area (Å²) in [5.41, 5.74) is 3.39. The highest BCUT2D eigenvalue weighted by Crippen LogP contribution is 2.31. The number of aryl methyl sites for hydroxylation is 1. The minimum absolute atomic E-state index is 0.00321. The summed E-state index contributed by atoms with van der Waals surface area (Å²) >= 11 is 4.82. The van der Waals surface area contributed by atoms with Gasteiger partial charge in [0.05, 0.1) is 6.54 Å². The lowest BCUT2D eigenvalue weighted by atomic mass is 10.1. The molecule has 2 aromatic carbocycles. The van der Waals surface area contributed by atoms with Gasteiger partial charge >= 0.3 is 5.82 Å². The number of ketones is 1. The molecule has 0 N–H and O–H groups in total. The lowest BCUT2D eigenvalue weighted by Crippen LogP contribution is -2.45. The molecular formula is C22H18N3OS+. The molecule has 4 aromatic rings. The van der Waals surface area contributed by atoms with Crippen LogP contribution in [0.15, 0.2) is 84.0 Å². The molecule has 27 heavy (non-hydrogen) atoms. The molecule has 0 atom stereocenters. The number of hydrogen-bond acceptors (Lipinski definition) is 2. The SMILES string of the molecule is O=C(c1ccccc1)c1c(S)n(-c2ccccc2)c2[n+]1CCn1cccc1-2. The topological polar surface area (TPSA) is 30.8 Å². The molecule has 0 bridgehead atoms. The Bertz CT molecular complexity index is 1140. The average Bonchev–Trinajstić information content (AvgIpc) is 3.30. The lowest BCUT2D eigenvalue weighted by Gasteiger charge is -2.15. The first-order valence-corrected chi connectivity index (χ1v) is 9.38. The van der Waals surface area contributed by atoms with Crippen LogP contribution in [0.4, 0.5) is 0 Å². The lowest BCUT2D eigenvalue weighted by molar-refractivity contribution is -0.691. The van der Waals surface area contributed by atoms with E-state index in [-0.39, 0.29) is 5.78 Å². The molecule has 0 saturated heterocycles. The van der Waals surface area contributed by atoms with Crippen LogP contribution in [0, 0.1) is 0 Å². The largest absolute Gasteiger partial charge is 0.337 e. The van der Waals surface area contributed by atoms with Gasteiger partial charge in [-0.2, -0.15) is 4.57 Å². The molecular weight excluding hydrogens is 354 g/mol. The third-order valence-electron chi connectivity index (χ3n) is 5.05. The fraction of sp³-hybridized carbons (Fsp3) is 0.0909. The van der Waals surface area contributed by atoms with E-state index in [1.807, 2.05) is 66.7 Å². The third-order valence-corrected chi connectivity index (χ3v) is 5.46. The number of fused-ring (bicyclic) bond motifs is 3. The predicted octanol–water partition coefficient (Wildman–Crippen LogP) is 3.77. The summed E-state index contributed by atoms with van der Waals surface area (Å²) < 4.78 is 6.41. The van der Waals surface area contributed by atoms with E-state index in [0.717, 1.165) is 30.3 Å². The molecule has 0 spiro atoms. The zero-order valence-electron chi connectivity index (χ0n) is 14.6. The molecule has 0 fully saturated rings. The molecule has 0 unspecified atom stereocenters. The first-order valence-electron chi connectivity index (χ1n) is 8.94. The fourth-order valence-electron chi connectivity index (χ4n) is 3.82. The second-order valence-electron chi connectivity index (χ2n) is 6.60. The Morgan fingerprint density at radius 3 is 2.37 bits per heavy atom. The summed E-state index contributed by atoms with van der Waals surface area (Å²) in [5.74, 6) is 0.985. The van der Waals surface area contributed by atoms with Crippen LogP contribution in [0.5, 0.6) is 0 Å². The van der Waals surface area contributed by atoms with Crippen LogP contribution in [-0.2, 0) is 13.1 Å². The van der Waals surface area contributed by atoms with E-state index in [1.54, 1.807) is 0 Å². The van der Waals surface area contributed by atoms with E-state index in [0.29, 0.717) is 16.3 Å². The number of hydrogen-bond donors (Lipinski definition) is 1. The Morgan fingerprint density at radius 2 is 1.63 bits per heavy atom. The number of para-hydroxylation sites is 1. The van der Waals surface area contributed by atoms with Gasteiger partial charge in [-0.3, -0.25) is 4.79 Å². The second kappa shape index (κ2) is 6.28. The van der Waals surface area contributed by atoms with Gasteiger partial charge in [-0.1, -0.05) is 61.2 Å². The van der Waals surface area contributed by atoms with Gasteiger partial charge in [0.15, 0.2) is 0 Å². The number of rotatable bonds is 3. The number of nitrogens with zero attached hydrogens (tertiary/aromatic N) is 3. The molecule has 2 aromatic heterocycles. The quantitative estimate of drug-likeness (QED) is 0.331. The summed E-state index contributed by atoms with van der Waals surface area (Å²) in [5, 5.41) is 0.666. The first-order chi connectivity index (χ1) is 13.3. The molecule has 0 aliphatic carbocycles. The van der Waals surface area contributed by atoms with Crippen LogP contribution >= 0.6 is 12.6 Å². The maximum absolute atomic E-state index is 13.3. The monoisotopic (exact) mass is 372 g/mol. The van der Waals surface area contributed by atoms with Crippen LogP contribution < -0.4 is 4.57 Å². The van der Waals surface area contributed by atoms with Gasteiger partial charge in [0.2, 0.25) is 16.5 Å². The molecule has 1 aliphatic rings. The Hall–Kier alpha value is -3.05. The zero-order valence-corrected chi connectivity index (χ0v) is 15.5. The van der Waals surface area contributed by atoms with Crippen molar-refractivity contribution in [1.29, 1.82) is 0 Å². The minimum Gasteiger partial charge on any atom is -0.337 e. The molecule has 0 saturated carbocycles. The fourth-order valence-corrected chi connectivity index (χ4v) is 4.25. The van der Waals surface area contributed by atoms with Gasteiger partial charge in [-0.25, -0.2) is 4.57 Å². The predicted molar refractivity (Wildman–Crippen MR) is 107 cm³/mol. The summed E-state index contributed by atoms with van der Waals surface area (Å²) in [6.07, 6.45) is 2.08. The van der Waals surface area contributed by atoms with Crippen LogP contribution in [0.3, 0.4) is 0 Å².